The number of nitrogens with zero attached hydrogens (tertiary/aromatic N) is 2. The number of benzene rings is 2. The summed E-state index contributed by atoms with van der Waals surface area (Å²) in [5.74, 6) is 0.464. The zero-order valence-electron chi connectivity index (χ0n) is 16.7. The Kier molecular flexibility index (Phi) is 6.87. The van der Waals surface area contributed by atoms with Crippen molar-refractivity contribution < 1.29 is 4.79 Å². The summed E-state index contributed by atoms with van der Waals surface area (Å²) in [4.78, 5) is 25.3. The minimum atomic E-state index is -0.235. The Morgan fingerprint density at radius 1 is 1.14 bits per heavy atom. The van der Waals surface area contributed by atoms with Gasteiger partial charge < -0.3 is 5.32 Å². The van der Waals surface area contributed by atoms with E-state index in [1.807, 2.05) is 61.5 Å². The first kappa shape index (κ1) is 21.3. The number of carbonyl (C=O) groups is 1. The van der Waals surface area contributed by atoms with Gasteiger partial charge in [-0.05, 0) is 37.6 Å². The molecular weight excluding hydrogens is 406 g/mol. The molecule has 0 bridgehead atoms. The van der Waals surface area contributed by atoms with Gasteiger partial charge in [0.05, 0.1) is 11.4 Å². The fourth-order valence-corrected chi connectivity index (χ4v) is 4.54. The lowest BCUT2D eigenvalue weighted by Gasteiger charge is -2.13. The molecule has 0 saturated heterocycles. The molecule has 1 aromatic heterocycles. The molecule has 0 radical (unpaired) electrons. The number of para-hydroxylation sites is 1. The minimum absolute atomic E-state index is 0.171. The lowest BCUT2D eigenvalue weighted by Crippen LogP contribution is -2.23. The third-order valence-electron chi connectivity index (χ3n) is 4.86. The van der Waals surface area contributed by atoms with Crippen molar-refractivity contribution in [1.29, 1.82) is 0 Å². The highest BCUT2D eigenvalue weighted by Crippen LogP contribution is 2.33. The molecule has 152 valence electrons. The Labute approximate surface area is 179 Å². The van der Waals surface area contributed by atoms with Crippen molar-refractivity contribution in [2.45, 2.75) is 25.5 Å². The molecular formula is C22H24ClN3O2S. The van der Waals surface area contributed by atoms with E-state index in [9.17, 15) is 9.59 Å². The molecule has 3 rings (SSSR count). The lowest BCUT2D eigenvalue weighted by molar-refractivity contribution is -0.115. The van der Waals surface area contributed by atoms with Gasteiger partial charge in [0.2, 0.25) is 5.91 Å². The maximum absolute atomic E-state index is 12.9. The monoisotopic (exact) mass is 429 g/mol. The number of carbonyl (C=O) groups excluding carboxylic acids is 1. The molecule has 3 aromatic rings. The normalized spacial score (nSPS) is 12.0. The van der Waals surface area contributed by atoms with E-state index in [0.29, 0.717) is 23.6 Å². The Balaban J connectivity index is 1.64. The van der Waals surface area contributed by atoms with Gasteiger partial charge in [0.15, 0.2) is 0 Å². The molecule has 29 heavy (non-hydrogen) atoms. The molecule has 1 heterocycles. The molecule has 0 spiro atoms. The second-order valence-electron chi connectivity index (χ2n) is 6.77. The quantitative estimate of drug-likeness (QED) is 0.577. The van der Waals surface area contributed by atoms with Crippen LogP contribution in [0.3, 0.4) is 0 Å². The zero-order valence-corrected chi connectivity index (χ0v) is 18.3. The van der Waals surface area contributed by atoms with Crippen LogP contribution in [-0.4, -0.2) is 21.0 Å². The smallest absolute Gasteiger partial charge is 0.295 e. The summed E-state index contributed by atoms with van der Waals surface area (Å²) in [6.07, 6.45) is 0.318. The van der Waals surface area contributed by atoms with Crippen molar-refractivity contribution >= 4 is 35.0 Å². The minimum Gasteiger partial charge on any atom is -0.320 e. The third-order valence-corrected chi connectivity index (χ3v) is 6.40. The summed E-state index contributed by atoms with van der Waals surface area (Å²) in [7, 11) is 1.81. The van der Waals surface area contributed by atoms with E-state index in [2.05, 4.69) is 12.2 Å². The summed E-state index contributed by atoms with van der Waals surface area (Å²) in [5.41, 5.74) is 2.62. The first-order valence-electron chi connectivity index (χ1n) is 9.40. The summed E-state index contributed by atoms with van der Waals surface area (Å²) >= 11 is 7.90. The van der Waals surface area contributed by atoms with Gasteiger partial charge in [-0.15, -0.1) is 0 Å². The topological polar surface area (TPSA) is 56.0 Å². The second-order valence-corrected chi connectivity index (χ2v) is 8.63. The molecule has 7 heteroatoms. The Morgan fingerprint density at radius 2 is 1.79 bits per heavy atom. The van der Waals surface area contributed by atoms with E-state index in [1.165, 1.54) is 0 Å². The summed E-state index contributed by atoms with van der Waals surface area (Å²) in [5, 5.41) is 3.72. The number of nitrogens with one attached hydrogen (secondary N) is 1. The first-order valence-corrected chi connectivity index (χ1v) is 10.8. The first-order chi connectivity index (χ1) is 13.9. The van der Waals surface area contributed by atoms with Gasteiger partial charge in [0.25, 0.3) is 5.56 Å². The molecule has 1 N–H and O–H groups in total. The third kappa shape index (κ3) is 4.77. The summed E-state index contributed by atoms with van der Waals surface area (Å²) in [6.45, 7) is 3.90. The fraction of sp³-hybridized carbons (Fsp3) is 0.273. The van der Waals surface area contributed by atoms with Crippen molar-refractivity contribution in [3.05, 3.63) is 81.2 Å². The molecule has 2 aromatic carbocycles. The Bertz CT molecular complexity index is 1060. The van der Waals surface area contributed by atoms with E-state index in [1.54, 1.807) is 28.2 Å². The van der Waals surface area contributed by atoms with E-state index in [4.69, 9.17) is 11.6 Å². The van der Waals surface area contributed by atoms with Crippen molar-refractivity contribution in [1.82, 2.24) is 9.36 Å². The van der Waals surface area contributed by atoms with E-state index < -0.39 is 0 Å². The van der Waals surface area contributed by atoms with Gasteiger partial charge in [-0.1, -0.05) is 48.0 Å². The van der Waals surface area contributed by atoms with Gasteiger partial charge in [-0.25, -0.2) is 4.68 Å². The standard InChI is InChI=1S/C22H24ClN3O2S/c1-15-21(22(28)26(25(15)3)17-9-5-4-6-10-17)24-20(27)13-14-29-16(2)18-11-7-8-12-19(18)23/h4-12,16H,13-14H2,1-3H3,(H,24,27)/t16-/m1/s1. The van der Waals surface area contributed by atoms with Crippen LogP contribution in [0, 0.1) is 6.92 Å². The SMILES string of the molecule is Cc1c(NC(=O)CCS[C@H](C)c2ccccc2Cl)c(=O)n(-c2ccccc2)n1C. The van der Waals surface area contributed by atoms with Crippen molar-refractivity contribution in [3.63, 3.8) is 0 Å². The second kappa shape index (κ2) is 9.37. The molecule has 1 amide bonds. The van der Waals surface area contributed by atoms with Crippen LogP contribution >= 0.6 is 23.4 Å². The largest absolute Gasteiger partial charge is 0.320 e. The number of hydrogen-bond donors (Lipinski definition) is 1. The number of anilines is 1. The van der Waals surface area contributed by atoms with Gasteiger partial charge in [-0.3, -0.25) is 14.3 Å². The molecule has 1 atom stereocenters. The molecule has 0 fully saturated rings. The molecule has 0 aliphatic heterocycles. The highest BCUT2D eigenvalue weighted by Gasteiger charge is 2.18. The van der Waals surface area contributed by atoms with Crippen LogP contribution in [0.5, 0.6) is 0 Å². The number of amides is 1. The van der Waals surface area contributed by atoms with E-state index >= 15 is 0 Å². The molecule has 0 unspecified atom stereocenters. The van der Waals surface area contributed by atoms with Crippen molar-refractivity contribution in [2.24, 2.45) is 7.05 Å². The number of halogens is 1. The summed E-state index contributed by atoms with van der Waals surface area (Å²) < 4.78 is 3.31. The van der Waals surface area contributed by atoms with Crippen LogP contribution in [0.4, 0.5) is 5.69 Å². The number of thioether (sulfide) groups is 1. The average Bonchev–Trinajstić information content (AvgIpc) is 2.92. The van der Waals surface area contributed by atoms with Crippen LogP contribution in [0.15, 0.2) is 59.4 Å². The van der Waals surface area contributed by atoms with Crippen molar-refractivity contribution in [2.75, 3.05) is 11.1 Å². The van der Waals surface area contributed by atoms with Crippen LogP contribution < -0.4 is 10.9 Å². The predicted molar refractivity (Wildman–Crippen MR) is 121 cm³/mol. The van der Waals surface area contributed by atoms with Crippen LogP contribution in [-0.2, 0) is 11.8 Å². The molecule has 0 aliphatic carbocycles. The number of hydrogen-bond acceptors (Lipinski definition) is 3. The van der Waals surface area contributed by atoms with Gasteiger partial charge in [0.1, 0.15) is 5.69 Å². The van der Waals surface area contributed by atoms with Gasteiger partial charge in [-0.2, -0.15) is 11.8 Å². The predicted octanol–water partition coefficient (Wildman–Crippen LogP) is 4.96. The van der Waals surface area contributed by atoms with Crippen LogP contribution in [0.25, 0.3) is 5.69 Å². The van der Waals surface area contributed by atoms with Gasteiger partial charge >= 0.3 is 0 Å². The Morgan fingerprint density at radius 3 is 2.48 bits per heavy atom. The lowest BCUT2D eigenvalue weighted by atomic mass is 10.2. The molecule has 0 saturated carbocycles. The summed E-state index contributed by atoms with van der Waals surface area (Å²) in [6, 6.07) is 17.1. The maximum Gasteiger partial charge on any atom is 0.295 e. The maximum atomic E-state index is 12.9. The molecule has 5 nitrogen and oxygen atoms in total. The number of aromatic nitrogens is 2. The Hall–Kier alpha value is -2.44. The highest BCUT2D eigenvalue weighted by molar-refractivity contribution is 7.99. The van der Waals surface area contributed by atoms with E-state index in [0.717, 1.165) is 16.3 Å². The van der Waals surface area contributed by atoms with Gasteiger partial charge in [0, 0.05) is 29.5 Å². The zero-order chi connectivity index (χ0) is 21.0. The van der Waals surface area contributed by atoms with E-state index in [-0.39, 0.29) is 16.7 Å². The molecule has 0 aliphatic rings. The van der Waals surface area contributed by atoms with Crippen molar-refractivity contribution in [3.8, 4) is 5.69 Å². The number of rotatable bonds is 7. The average molecular weight is 430 g/mol. The van der Waals surface area contributed by atoms with Crippen LogP contribution in [0.2, 0.25) is 5.02 Å². The fourth-order valence-electron chi connectivity index (χ4n) is 3.14. The van der Waals surface area contributed by atoms with Crippen LogP contribution in [0.1, 0.15) is 29.9 Å². The highest BCUT2D eigenvalue weighted by atomic mass is 35.5.